The molecule has 1 amide bonds. The van der Waals surface area contributed by atoms with Gasteiger partial charge in [-0.15, -0.1) is 0 Å². The SMILES string of the molecule is CC1CN(CC(=O)N2CCc3nc(C4CCCNC4)ncc3C2)CC(C)O1. The monoisotopic (exact) mass is 373 g/mol. The number of hydrogen-bond donors (Lipinski definition) is 1. The number of carbonyl (C=O) groups excluding carboxylic acids is 1. The van der Waals surface area contributed by atoms with Crippen LogP contribution in [0.3, 0.4) is 0 Å². The summed E-state index contributed by atoms with van der Waals surface area (Å²) in [5.74, 6) is 1.59. The first-order valence-corrected chi connectivity index (χ1v) is 10.3. The van der Waals surface area contributed by atoms with E-state index in [1.165, 1.54) is 6.42 Å². The maximum atomic E-state index is 12.8. The van der Waals surface area contributed by atoms with E-state index < -0.39 is 0 Å². The first-order chi connectivity index (χ1) is 13.1. The number of ether oxygens (including phenoxy) is 1. The van der Waals surface area contributed by atoms with Crippen molar-refractivity contribution in [3.05, 3.63) is 23.3 Å². The number of carbonyl (C=O) groups is 1. The topological polar surface area (TPSA) is 70.6 Å². The predicted octanol–water partition coefficient (Wildman–Crippen LogP) is 0.938. The fraction of sp³-hybridized carbons (Fsp3) is 0.750. The third kappa shape index (κ3) is 4.47. The molecule has 0 radical (unpaired) electrons. The second-order valence-electron chi connectivity index (χ2n) is 8.26. The lowest BCUT2D eigenvalue weighted by atomic mass is 9.98. The molecule has 0 aliphatic carbocycles. The third-order valence-corrected chi connectivity index (χ3v) is 5.82. The standard InChI is InChI=1S/C20H31N5O2/c1-14-10-24(11-15(2)27-14)13-19(26)25-7-5-18-17(12-25)9-22-20(23-18)16-4-3-6-21-8-16/h9,14-16,21H,3-8,10-13H2,1-2H3. The van der Waals surface area contributed by atoms with Gasteiger partial charge >= 0.3 is 0 Å². The molecule has 1 aromatic heterocycles. The Morgan fingerprint density at radius 1 is 1.33 bits per heavy atom. The molecule has 27 heavy (non-hydrogen) atoms. The Morgan fingerprint density at radius 3 is 2.89 bits per heavy atom. The number of nitrogens with one attached hydrogen (secondary N) is 1. The van der Waals surface area contributed by atoms with Crippen molar-refractivity contribution in [2.24, 2.45) is 0 Å². The van der Waals surface area contributed by atoms with Gasteiger partial charge in [0.25, 0.3) is 0 Å². The van der Waals surface area contributed by atoms with Crippen LogP contribution in [0.25, 0.3) is 0 Å². The molecule has 0 bridgehead atoms. The highest BCUT2D eigenvalue weighted by molar-refractivity contribution is 5.78. The summed E-state index contributed by atoms with van der Waals surface area (Å²) in [6.45, 7) is 9.71. The van der Waals surface area contributed by atoms with E-state index in [0.29, 0.717) is 19.0 Å². The summed E-state index contributed by atoms with van der Waals surface area (Å²) in [4.78, 5) is 26.4. The van der Waals surface area contributed by atoms with Crippen LogP contribution in [0.1, 0.15) is 49.7 Å². The van der Waals surface area contributed by atoms with Crippen LogP contribution in [0.5, 0.6) is 0 Å². The van der Waals surface area contributed by atoms with E-state index in [4.69, 9.17) is 9.72 Å². The van der Waals surface area contributed by atoms with E-state index >= 15 is 0 Å². The molecule has 148 valence electrons. The van der Waals surface area contributed by atoms with Crippen molar-refractivity contribution in [1.29, 1.82) is 0 Å². The highest BCUT2D eigenvalue weighted by Crippen LogP contribution is 2.23. The molecule has 2 fully saturated rings. The van der Waals surface area contributed by atoms with Gasteiger partial charge in [-0.05, 0) is 33.2 Å². The number of nitrogens with zero attached hydrogens (tertiary/aromatic N) is 4. The minimum Gasteiger partial charge on any atom is -0.373 e. The number of aromatic nitrogens is 2. The zero-order valence-corrected chi connectivity index (χ0v) is 16.5. The smallest absolute Gasteiger partial charge is 0.237 e. The summed E-state index contributed by atoms with van der Waals surface area (Å²) in [5.41, 5.74) is 2.23. The van der Waals surface area contributed by atoms with Crippen molar-refractivity contribution < 1.29 is 9.53 Å². The van der Waals surface area contributed by atoms with Crippen LogP contribution in [0.15, 0.2) is 6.20 Å². The molecule has 1 aromatic rings. The minimum atomic E-state index is 0.185. The van der Waals surface area contributed by atoms with E-state index in [0.717, 1.165) is 62.6 Å². The van der Waals surface area contributed by atoms with Crippen LogP contribution >= 0.6 is 0 Å². The molecule has 0 spiro atoms. The lowest BCUT2D eigenvalue weighted by Crippen LogP contribution is -2.50. The van der Waals surface area contributed by atoms with Crippen molar-refractivity contribution in [2.75, 3.05) is 39.3 Å². The zero-order chi connectivity index (χ0) is 18.8. The second-order valence-corrected chi connectivity index (χ2v) is 8.26. The van der Waals surface area contributed by atoms with Gasteiger partial charge in [0.1, 0.15) is 5.82 Å². The van der Waals surface area contributed by atoms with E-state index in [9.17, 15) is 4.79 Å². The van der Waals surface area contributed by atoms with Gasteiger partial charge in [-0.2, -0.15) is 0 Å². The number of amides is 1. The van der Waals surface area contributed by atoms with Gasteiger partial charge in [0, 0.05) is 56.8 Å². The number of piperidine rings is 1. The Hall–Kier alpha value is -1.57. The van der Waals surface area contributed by atoms with Crippen molar-refractivity contribution in [3.8, 4) is 0 Å². The molecule has 1 N–H and O–H groups in total. The Morgan fingerprint density at radius 2 is 2.15 bits per heavy atom. The van der Waals surface area contributed by atoms with Gasteiger partial charge in [0.15, 0.2) is 0 Å². The number of hydrogen-bond acceptors (Lipinski definition) is 6. The summed E-state index contributed by atoms with van der Waals surface area (Å²) in [6, 6.07) is 0. The van der Waals surface area contributed by atoms with Crippen LogP contribution in [0.4, 0.5) is 0 Å². The molecule has 0 saturated carbocycles. The molecular formula is C20H31N5O2. The summed E-state index contributed by atoms with van der Waals surface area (Å²) in [5, 5.41) is 3.43. The number of morpholine rings is 1. The van der Waals surface area contributed by atoms with Gasteiger partial charge in [-0.3, -0.25) is 9.69 Å². The normalized spacial score (nSPS) is 29.4. The Labute approximate surface area is 161 Å². The van der Waals surface area contributed by atoms with E-state index in [-0.39, 0.29) is 18.1 Å². The molecule has 7 nitrogen and oxygen atoms in total. The summed E-state index contributed by atoms with van der Waals surface area (Å²) >= 11 is 0. The van der Waals surface area contributed by atoms with Crippen molar-refractivity contribution in [1.82, 2.24) is 25.1 Å². The van der Waals surface area contributed by atoms with Crippen LogP contribution < -0.4 is 5.32 Å². The van der Waals surface area contributed by atoms with Gasteiger partial charge in [0.2, 0.25) is 5.91 Å². The molecule has 3 aliphatic rings. The maximum Gasteiger partial charge on any atom is 0.237 e. The predicted molar refractivity (Wildman–Crippen MR) is 102 cm³/mol. The fourth-order valence-electron chi connectivity index (χ4n) is 4.52. The van der Waals surface area contributed by atoms with Crippen LogP contribution in [0, 0.1) is 0 Å². The number of rotatable bonds is 3. The van der Waals surface area contributed by atoms with Crippen molar-refractivity contribution in [3.63, 3.8) is 0 Å². The van der Waals surface area contributed by atoms with E-state index in [1.807, 2.05) is 11.1 Å². The third-order valence-electron chi connectivity index (χ3n) is 5.82. The maximum absolute atomic E-state index is 12.8. The average Bonchev–Trinajstić information content (AvgIpc) is 2.67. The molecule has 3 aliphatic heterocycles. The molecule has 0 aromatic carbocycles. The van der Waals surface area contributed by atoms with E-state index in [1.54, 1.807) is 0 Å². The largest absolute Gasteiger partial charge is 0.373 e. The van der Waals surface area contributed by atoms with Crippen LogP contribution in [-0.2, 0) is 22.5 Å². The van der Waals surface area contributed by atoms with Gasteiger partial charge < -0.3 is 15.0 Å². The summed E-state index contributed by atoms with van der Waals surface area (Å²) in [6.07, 6.45) is 5.49. The highest BCUT2D eigenvalue weighted by Gasteiger charge is 2.28. The minimum absolute atomic E-state index is 0.185. The molecule has 2 saturated heterocycles. The second kappa shape index (κ2) is 8.20. The highest BCUT2D eigenvalue weighted by atomic mass is 16.5. The summed E-state index contributed by atoms with van der Waals surface area (Å²) < 4.78 is 5.76. The first-order valence-electron chi connectivity index (χ1n) is 10.3. The lowest BCUT2D eigenvalue weighted by molar-refractivity contribution is -0.136. The molecular weight excluding hydrogens is 342 g/mol. The van der Waals surface area contributed by atoms with Gasteiger partial charge in [-0.1, -0.05) is 0 Å². The first kappa shape index (κ1) is 18.8. The molecule has 4 heterocycles. The Balaban J connectivity index is 1.37. The molecule has 7 heteroatoms. The Kier molecular flexibility index (Phi) is 5.71. The number of fused-ring (bicyclic) bond motifs is 1. The van der Waals surface area contributed by atoms with Crippen molar-refractivity contribution in [2.45, 2.75) is 57.8 Å². The quantitative estimate of drug-likeness (QED) is 0.850. The van der Waals surface area contributed by atoms with Crippen LogP contribution in [-0.4, -0.2) is 77.2 Å². The average molecular weight is 374 g/mol. The molecule has 3 unspecified atom stereocenters. The zero-order valence-electron chi connectivity index (χ0n) is 16.5. The summed E-state index contributed by atoms with van der Waals surface area (Å²) in [7, 11) is 0. The Bertz CT molecular complexity index is 666. The van der Waals surface area contributed by atoms with E-state index in [2.05, 4.69) is 29.0 Å². The molecule has 4 rings (SSSR count). The van der Waals surface area contributed by atoms with Crippen molar-refractivity contribution >= 4 is 5.91 Å². The fourth-order valence-corrected chi connectivity index (χ4v) is 4.52. The molecule has 3 atom stereocenters. The lowest BCUT2D eigenvalue weighted by Gasteiger charge is -2.36. The van der Waals surface area contributed by atoms with Gasteiger partial charge in [-0.25, -0.2) is 9.97 Å². The van der Waals surface area contributed by atoms with Crippen LogP contribution in [0.2, 0.25) is 0 Å². The van der Waals surface area contributed by atoms with Gasteiger partial charge in [0.05, 0.1) is 24.4 Å².